The van der Waals surface area contributed by atoms with E-state index in [9.17, 15) is 19.5 Å². The highest BCUT2D eigenvalue weighted by molar-refractivity contribution is 6.01. The highest BCUT2D eigenvalue weighted by Crippen LogP contribution is 2.57. The lowest BCUT2D eigenvalue weighted by atomic mass is 9.51. The Kier molecular flexibility index (Phi) is 4.05. The van der Waals surface area contributed by atoms with Gasteiger partial charge in [-0.15, -0.1) is 0 Å². The van der Waals surface area contributed by atoms with Crippen molar-refractivity contribution in [3.63, 3.8) is 0 Å². The number of carbonyl (C=O) groups is 3. The normalized spacial score (nSPS) is 36.2. The maximum Gasteiger partial charge on any atom is 0.342 e. The van der Waals surface area contributed by atoms with Gasteiger partial charge in [0, 0.05) is 24.1 Å². The van der Waals surface area contributed by atoms with Crippen LogP contribution in [0.1, 0.15) is 66.4 Å². The zero-order valence-corrected chi connectivity index (χ0v) is 17.5. The standard InChI is InChI=1S/C23H28N4O4/c28-19-3-4-26(21(30)25-19)27-12-17-6-14(1-2-18(17)20(27)29)11-24-22-7-15-5-16(8-22)10-23(31,9-15)13-22/h1-2,6,15-16,24,31H,3-5,7-13H2,(H,25,28,30)/t15-,16+,22?,23?. The quantitative estimate of drug-likeness (QED) is 0.683. The molecule has 1 saturated heterocycles. The Morgan fingerprint density at radius 2 is 1.87 bits per heavy atom. The molecule has 3 N–H and O–H groups in total. The number of hydrogen-bond acceptors (Lipinski definition) is 5. The number of nitrogens with one attached hydrogen (secondary N) is 2. The molecule has 4 aliphatic carbocycles. The van der Waals surface area contributed by atoms with E-state index < -0.39 is 11.6 Å². The molecule has 4 atom stereocenters. The first-order valence-corrected chi connectivity index (χ1v) is 11.3. The molecule has 1 aromatic rings. The Morgan fingerprint density at radius 1 is 1.10 bits per heavy atom. The van der Waals surface area contributed by atoms with Crippen LogP contribution in [0, 0.1) is 11.8 Å². The third kappa shape index (κ3) is 3.15. The Labute approximate surface area is 180 Å². The SMILES string of the molecule is O=C1CCN(N2Cc3cc(CNC45C[C@@H]6C[C@@H](CC(O)(C6)C4)C5)ccc3C2=O)C(=O)N1. The Hall–Kier alpha value is -2.45. The molecule has 2 heterocycles. The number of fused-ring (bicyclic) bond motifs is 1. The minimum Gasteiger partial charge on any atom is -0.390 e. The van der Waals surface area contributed by atoms with Gasteiger partial charge in [0.15, 0.2) is 0 Å². The van der Waals surface area contributed by atoms with Crippen molar-refractivity contribution < 1.29 is 19.5 Å². The Bertz CT molecular complexity index is 978. The van der Waals surface area contributed by atoms with Crippen LogP contribution < -0.4 is 10.6 Å². The van der Waals surface area contributed by atoms with Crippen molar-refractivity contribution in [2.45, 2.75) is 69.2 Å². The molecule has 2 aliphatic heterocycles. The molecule has 0 spiro atoms. The van der Waals surface area contributed by atoms with E-state index in [1.807, 2.05) is 18.2 Å². The van der Waals surface area contributed by atoms with Gasteiger partial charge in [-0.05, 0) is 67.6 Å². The van der Waals surface area contributed by atoms with E-state index in [1.165, 1.54) is 16.4 Å². The van der Waals surface area contributed by atoms with Crippen LogP contribution in [0.25, 0.3) is 0 Å². The molecule has 4 amide bonds. The van der Waals surface area contributed by atoms with Crippen molar-refractivity contribution in [1.29, 1.82) is 0 Å². The van der Waals surface area contributed by atoms with Crippen molar-refractivity contribution in [1.82, 2.24) is 20.7 Å². The summed E-state index contributed by atoms with van der Waals surface area (Å²) >= 11 is 0. The smallest absolute Gasteiger partial charge is 0.342 e. The molecule has 2 unspecified atom stereocenters. The monoisotopic (exact) mass is 424 g/mol. The van der Waals surface area contributed by atoms with Gasteiger partial charge in [0.1, 0.15) is 0 Å². The number of carbonyl (C=O) groups excluding carboxylic acids is 3. The highest BCUT2D eigenvalue weighted by atomic mass is 16.3. The first kappa shape index (κ1) is 19.3. The predicted octanol–water partition coefficient (Wildman–Crippen LogP) is 1.67. The Balaban J connectivity index is 1.16. The molecule has 7 rings (SSSR count). The molecule has 5 fully saturated rings. The van der Waals surface area contributed by atoms with Crippen LogP contribution in [-0.2, 0) is 17.9 Å². The number of imide groups is 1. The summed E-state index contributed by atoms with van der Waals surface area (Å²) in [6.45, 7) is 1.25. The highest BCUT2D eigenvalue weighted by Gasteiger charge is 2.56. The van der Waals surface area contributed by atoms with E-state index in [4.69, 9.17) is 0 Å². The molecule has 4 bridgehead atoms. The van der Waals surface area contributed by atoms with Crippen LogP contribution in [0.5, 0.6) is 0 Å². The van der Waals surface area contributed by atoms with Crippen molar-refractivity contribution in [3.8, 4) is 0 Å². The van der Waals surface area contributed by atoms with E-state index in [2.05, 4.69) is 10.6 Å². The van der Waals surface area contributed by atoms with Crippen LogP contribution in [0.3, 0.4) is 0 Å². The lowest BCUT2D eigenvalue weighted by Gasteiger charge is -2.60. The lowest BCUT2D eigenvalue weighted by Crippen LogP contribution is -2.64. The van der Waals surface area contributed by atoms with Crippen LogP contribution in [0.15, 0.2) is 18.2 Å². The van der Waals surface area contributed by atoms with Gasteiger partial charge >= 0.3 is 6.03 Å². The fourth-order valence-corrected chi connectivity index (χ4v) is 7.16. The molecule has 6 aliphatic rings. The van der Waals surface area contributed by atoms with Crippen LogP contribution in [0.4, 0.5) is 4.79 Å². The van der Waals surface area contributed by atoms with Gasteiger partial charge in [-0.2, -0.15) is 0 Å². The van der Waals surface area contributed by atoms with E-state index >= 15 is 0 Å². The van der Waals surface area contributed by atoms with Crippen LogP contribution in [0.2, 0.25) is 0 Å². The maximum absolute atomic E-state index is 12.8. The van der Waals surface area contributed by atoms with Crippen molar-refractivity contribution >= 4 is 17.8 Å². The molecule has 1 aromatic carbocycles. The largest absolute Gasteiger partial charge is 0.390 e. The van der Waals surface area contributed by atoms with Gasteiger partial charge in [-0.1, -0.05) is 12.1 Å². The molecular formula is C23H28N4O4. The number of aliphatic hydroxyl groups is 1. The molecule has 164 valence electrons. The minimum absolute atomic E-state index is 0.0259. The third-order valence-electron chi connectivity index (χ3n) is 7.98. The van der Waals surface area contributed by atoms with Gasteiger partial charge in [0.05, 0.1) is 18.7 Å². The van der Waals surface area contributed by atoms with Gasteiger partial charge in [0.25, 0.3) is 5.91 Å². The number of urea groups is 1. The molecule has 8 nitrogen and oxygen atoms in total. The number of rotatable bonds is 4. The van der Waals surface area contributed by atoms with Gasteiger partial charge in [-0.3, -0.25) is 14.9 Å². The summed E-state index contributed by atoms with van der Waals surface area (Å²) in [5.41, 5.74) is 2.15. The van der Waals surface area contributed by atoms with E-state index in [0.29, 0.717) is 30.5 Å². The van der Waals surface area contributed by atoms with Crippen molar-refractivity contribution in [2.75, 3.05) is 6.54 Å². The third-order valence-corrected chi connectivity index (χ3v) is 7.98. The summed E-state index contributed by atoms with van der Waals surface area (Å²) in [6.07, 6.45) is 6.50. The van der Waals surface area contributed by atoms with Crippen molar-refractivity contribution in [2.24, 2.45) is 11.8 Å². The second-order valence-electron chi connectivity index (χ2n) is 10.4. The van der Waals surface area contributed by atoms with Crippen LogP contribution in [-0.4, -0.2) is 50.7 Å². The summed E-state index contributed by atoms with van der Waals surface area (Å²) in [5, 5.41) is 19.8. The van der Waals surface area contributed by atoms with Gasteiger partial charge < -0.3 is 10.4 Å². The van der Waals surface area contributed by atoms with E-state index in [0.717, 1.165) is 43.2 Å². The van der Waals surface area contributed by atoms with E-state index in [1.54, 1.807) is 0 Å². The summed E-state index contributed by atoms with van der Waals surface area (Å²) < 4.78 is 0. The maximum atomic E-state index is 12.8. The molecular weight excluding hydrogens is 396 g/mol. The molecule has 0 radical (unpaired) electrons. The summed E-state index contributed by atoms with van der Waals surface area (Å²) in [4.78, 5) is 36.4. The van der Waals surface area contributed by atoms with Crippen molar-refractivity contribution in [3.05, 3.63) is 34.9 Å². The first-order chi connectivity index (χ1) is 14.8. The second-order valence-corrected chi connectivity index (χ2v) is 10.4. The zero-order chi connectivity index (χ0) is 21.4. The predicted molar refractivity (Wildman–Crippen MR) is 110 cm³/mol. The summed E-state index contributed by atoms with van der Waals surface area (Å²) in [7, 11) is 0. The number of benzene rings is 1. The van der Waals surface area contributed by atoms with E-state index in [-0.39, 0.29) is 30.3 Å². The minimum atomic E-state index is -0.543. The van der Waals surface area contributed by atoms with Crippen LogP contribution >= 0.6 is 0 Å². The topological polar surface area (TPSA) is 102 Å². The summed E-state index contributed by atoms with van der Waals surface area (Å²) in [6, 6.07) is 5.32. The first-order valence-electron chi connectivity index (χ1n) is 11.3. The second kappa shape index (κ2) is 6.53. The number of hydrazine groups is 1. The number of hydrogen-bond donors (Lipinski definition) is 3. The zero-order valence-electron chi connectivity index (χ0n) is 17.5. The van der Waals surface area contributed by atoms with Gasteiger partial charge in [-0.25, -0.2) is 14.8 Å². The molecule has 8 heteroatoms. The Morgan fingerprint density at radius 3 is 2.58 bits per heavy atom. The molecule has 31 heavy (non-hydrogen) atoms. The number of nitrogens with zero attached hydrogens (tertiary/aromatic N) is 2. The lowest BCUT2D eigenvalue weighted by molar-refractivity contribution is -0.142. The molecule has 0 aromatic heterocycles. The fraction of sp³-hybridized carbons (Fsp3) is 0.609. The fourth-order valence-electron chi connectivity index (χ4n) is 7.16. The summed E-state index contributed by atoms with van der Waals surface area (Å²) in [5.74, 6) is 0.746. The molecule has 4 saturated carbocycles. The van der Waals surface area contributed by atoms with Gasteiger partial charge in [0.2, 0.25) is 5.91 Å². The average Bonchev–Trinajstić information content (AvgIpc) is 3.00. The average molecular weight is 425 g/mol. The number of amides is 4.